The molecule has 0 spiro atoms. The molecule has 0 fully saturated rings. The van der Waals surface area contributed by atoms with Gasteiger partial charge in [-0.25, -0.2) is 0 Å². The highest BCUT2D eigenvalue weighted by Crippen LogP contribution is 2.41. The van der Waals surface area contributed by atoms with Crippen LogP contribution < -0.4 is 19.5 Å². The molecule has 0 bridgehead atoms. The SMILES string of the molecule is COc1cc(OC)c2cc(C(=O)Nc3cc(C)ccc3C)[nH]c2c1OC. The Labute approximate surface area is 152 Å². The first kappa shape index (κ1) is 17.7. The maximum atomic E-state index is 12.7. The highest BCUT2D eigenvalue weighted by molar-refractivity contribution is 6.08. The molecule has 2 N–H and O–H groups in total. The molecule has 6 heteroatoms. The Balaban J connectivity index is 2.05. The lowest BCUT2D eigenvalue weighted by Gasteiger charge is -2.11. The number of methoxy groups -OCH3 is 3. The summed E-state index contributed by atoms with van der Waals surface area (Å²) < 4.78 is 16.2. The fourth-order valence-corrected chi connectivity index (χ4v) is 2.92. The zero-order valence-corrected chi connectivity index (χ0v) is 15.5. The number of anilines is 1. The lowest BCUT2D eigenvalue weighted by molar-refractivity contribution is 0.102. The van der Waals surface area contributed by atoms with Crippen molar-refractivity contribution < 1.29 is 19.0 Å². The highest BCUT2D eigenvalue weighted by Gasteiger charge is 2.19. The van der Waals surface area contributed by atoms with Crippen molar-refractivity contribution in [2.75, 3.05) is 26.6 Å². The number of benzene rings is 2. The number of H-pyrrole nitrogens is 1. The second kappa shape index (κ2) is 7.00. The van der Waals surface area contributed by atoms with E-state index in [4.69, 9.17) is 14.2 Å². The second-order valence-corrected chi connectivity index (χ2v) is 6.06. The van der Waals surface area contributed by atoms with E-state index >= 15 is 0 Å². The van der Waals surface area contributed by atoms with Gasteiger partial charge in [0.15, 0.2) is 11.5 Å². The summed E-state index contributed by atoms with van der Waals surface area (Å²) in [7, 11) is 4.68. The Kier molecular flexibility index (Phi) is 4.75. The minimum absolute atomic E-state index is 0.238. The summed E-state index contributed by atoms with van der Waals surface area (Å²) in [6.07, 6.45) is 0. The molecule has 1 aromatic heterocycles. The van der Waals surface area contributed by atoms with Crippen LogP contribution in [0.3, 0.4) is 0 Å². The van der Waals surface area contributed by atoms with Gasteiger partial charge in [0.05, 0.1) is 26.8 Å². The Morgan fingerprint density at radius 1 is 0.962 bits per heavy atom. The first-order valence-electron chi connectivity index (χ1n) is 8.18. The third kappa shape index (κ3) is 3.06. The van der Waals surface area contributed by atoms with Crippen molar-refractivity contribution in [3.63, 3.8) is 0 Å². The van der Waals surface area contributed by atoms with Crippen molar-refractivity contribution in [3.8, 4) is 17.2 Å². The first-order valence-corrected chi connectivity index (χ1v) is 8.18. The molecular weight excluding hydrogens is 332 g/mol. The van der Waals surface area contributed by atoms with E-state index in [0.29, 0.717) is 28.5 Å². The van der Waals surface area contributed by atoms with Gasteiger partial charge in [-0.1, -0.05) is 12.1 Å². The van der Waals surface area contributed by atoms with Gasteiger partial charge in [-0.15, -0.1) is 0 Å². The molecule has 6 nitrogen and oxygen atoms in total. The molecule has 1 heterocycles. The normalized spacial score (nSPS) is 10.7. The molecule has 0 radical (unpaired) electrons. The fraction of sp³-hybridized carbons (Fsp3) is 0.250. The van der Waals surface area contributed by atoms with Crippen molar-refractivity contribution in [1.29, 1.82) is 0 Å². The molecular formula is C20H22N2O4. The monoisotopic (exact) mass is 354 g/mol. The van der Waals surface area contributed by atoms with Crippen molar-refractivity contribution >= 4 is 22.5 Å². The van der Waals surface area contributed by atoms with E-state index in [1.54, 1.807) is 33.5 Å². The molecule has 136 valence electrons. The van der Waals surface area contributed by atoms with Gasteiger partial charge in [0, 0.05) is 17.1 Å². The zero-order valence-electron chi connectivity index (χ0n) is 15.5. The van der Waals surface area contributed by atoms with Crippen LogP contribution >= 0.6 is 0 Å². The molecule has 1 amide bonds. The van der Waals surface area contributed by atoms with E-state index in [2.05, 4.69) is 10.3 Å². The smallest absolute Gasteiger partial charge is 0.272 e. The first-order chi connectivity index (χ1) is 12.5. The predicted octanol–water partition coefficient (Wildman–Crippen LogP) is 4.06. The van der Waals surface area contributed by atoms with Gasteiger partial charge < -0.3 is 24.5 Å². The highest BCUT2D eigenvalue weighted by atomic mass is 16.5. The summed E-state index contributed by atoms with van der Waals surface area (Å²) in [5.41, 5.74) is 3.92. The number of aromatic nitrogens is 1. The maximum Gasteiger partial charge on any atom is 0.272 e. The van der Waals surface area contributed by atoms with Crippen LogP contribution in [-0.2, 0) is 0 Å². The van der Waals surface area contributed by atoms with Crippen LogP contribution in [0, 0.1) is 13.8 Å². The lowest BCUT2D eigenvalue weighted by atomic mass is 10.1. The molecule has 3 aromatic rings. The predicted molar refractivity (Wildman–Crippen MR) is 102 cm³/mol. The van der Waals surface area contributed by atoms with Gasteiger partial charge in [-0.2, -0.15) is 0 Å². The van der Waals surface area contributed by atoms with Gasteiger partial charge in [0.2, 0.25) is 0 Å². The van der Waals surface area contributed by atoms with Crippen LogP contribution in [0.4, 0.5) is 5.69 Å². The largest absolute Gasteiger partial charge is 0.496 e. The number of aromatic amines is 1. The number of hydrogen-bond donors (Lipinski definition) is 2. The van der Waals surface area contributed by atoms with Gasteiger partial charge in [-0.3, -0.25) is 4.79 Å². The summed E-state index contributed by atoms with van der Waals surface area (Å²) >= 11 is 0. The summed E-state index contributed by atoms with van der Waals surface area (Å²) in [5.74, 6) is 1.41. The number of carbonyl (C=O) groups excluding carboxylic acids is 1. The number of hydrogen-bond acceptors (Lipinski definition) is 4. The number of fused-ring (bicyclic) bond motifs is 1. The third-order valence-electron chi connectivity index (χ3n) is 4.33. The molecule has 3 rings (SSSR count). The fourth-order valence-electron chi connectivity index (χ4n) is 2.92. The van der Waals surface area contributed by atoms with Gasteiger partial charge in [0.25, 0.3) is 5.91 Å². The summed E-state index contributed by atoms with van der Waals surface area (Å²) in [6.45, 7) is 3.94. The molecule has 0 atom stereocenters. The molecule has 26 heavy (non-hydrogen) atoms. The number of carbonyl (C=O) groups is 1. The molecule has 0 saturated carbocycles. The molecule has 2 aromatic carbocycles. The van der Waals surface area contributed by atoms with E-state index in [1.807, 2.05) is 32.0 Å². The number of nitrogens with one attached hydrogen (secondary N) is 2. The van der Waals surface area contributed by atoms with Crippen LogP contribution in [0.5, 0.6) is 17.2 Å². The van der Waals surface area contributed by atoms with E-state index in [1.165, 1.54) is 0 Å². The molecule has 0 saturated heterocycles. The van der Waals surface area contributed by atoms with E-state index < -0.39 is 0 Å². The van der Waals surface area contributed by atoms with Crippen LogP contribution in [-0.4, -0.2) is 32.2 Å². The summed E-state index contributed by atoms with van der Waals surface area (Å²) in [4.78, 5) is 15.9. The minimum Gasteiger partial charge on any atom is -0.496 e. The molecule has 0 aliphatic heterocycles. The Morgan fingerprint density at radius 2 is 1.69 bits per heavy atom. The maximum absolute atomic E-state index is 12.7. The average molecular weight is 354 g/mol. The van der Waals surface area contributed by atoms with Gasteiger partial charge in [-0.05, 0) is 37.1 Å². The van der Waals surface area contributed by atoms with Crippen molar-refractivity contribution in [3.05, 3.63) is 47.2 Å². The quantitative estimate of drug-likeness (QED) is 0.725. The molecule has 0 aliphatic carbocycles. The molecule has 0 aliphatic rings. The summed E-state index contributed by atoms with van der Waals surface area (Å²) in [6, 6.07) is 9.42. The van der Waals surface area contributed by atoms with Crippen LogP contribution in [0.2, 0.25) is 0 Å². The number of ether oxygens (including phenoxy) is 3. The zero-order chi connectivity index (χ0) is 18.8. The Bertz CT molecular complexity index is 976. The van der Waals surface area contributed by atoms with Crippen LogP contribution in [0.1, 0.15) is 21.6 Å². The Morgan fingerprint density at radius 3 is 2.35 bits per heavy atom. The van der Waals surface area contributed by atoms with E-state index in [0.717, 1.165) is 22.2 Å². The van der Waals surface area contributed by atoms with E-state index in [-0.39, 0.29) is 5.91 Å². The number of amides is 1. The topological polar surface area (TPSA) is 72.6 Å². The Hall–Kier alpha value is -3.15. The van der Waals surface area contributed by atoms with Gasteiger partial charge >= 0.3 is 0 Å². The summed E-state index contributed by atoms with van der Waals surface area (Å²) in [5, 5.41) is 3.70. The van der Waals surface area contributed by atoms with Crippen molar-refractivity contribution in [2.45, 2.75) is 13.8 Å². The van der Waals surface area contributed by atoms with Crippen molar-refractivity contribution in [2.24, 2.45) is 0 Å². The minimum atomic E-state index is -0.238. The number of rotatable bonds is 5. The average Bonchev–Trinajstić information content (AvgIpc) is 3.08. The van der Waals surface area contributed by atoms with Crippen LogP contribution in [0.15, 0.2) is 30.3 Å². The van der Waals surface area contributed by atoms with Crippen LogP contribution in [0.25, 0.3) is 10.9 Å². The van der Waals surface area contributed by atoms with Gasteiger partial charge in [0.1, 0.15) is 11.4 Å². The number of aryl methyl sites for hydroxylation is 2. The second-order valence-electron chi connectivity index (χ2n) is 6.06. The standard InChI is InChI=1S/C20H22N2O4/c1-11-6-7-12(2)14(8-11)22-20(23)15-9-13-16(24-3)10-17(25-4)19(26-5)18(13)21-15/h6-10,21H,1-5H3,(H,22,23). The lowest BCUT2D eigenvalue weighted by Crippen LogP contribution is -2.13. The molecule has 0 unspecified atom stereocenters. The van der Waals surface area contributed by atoms with E-state index in [9.17, 15) is 4.79 Å². The van der Waals surface area contributed by atoms with Crippen molar-refractivity contribution in [1.82, 2.24) is 4.98 Å². The third-order valence-corrected chi connectivity index (χ3v) is 4.33.